The minimum Gasteiger partial charge on any atom is -0.383 e. The molecule has 0 bridgehead atoms. The van der Waals surface area contributed by atoms with Gasteiger partial charge in [-0.05, 0) is 36.5 Å². The molecule has 18 heavy (non-hydrogen) atoms. The van der Waals surface area contributed by atoms with Gasteiger partial charge in [0.1, 0.15) is 5.82 Å². The third-order valence-corrected chi connectivity index (χ3v) is 2.79. The summed E-state index contributed by atoms with van der Waals surface area (Å²) >= 11 is 5.03. The lowest BCUT2D eigenvalue weighted by molar-refractivity contribution is 0.948. The van der Waals surface area contributed by atoms with Crippen molar-refractivity contribution >= 4 is 23.7 Å². The number of anilines is 1. The number of H-pyrrole nitrogens is 1. The molecule has 3 N–H and O–H groups in total. The van der Waals surface area contributed by atoms with Crippen LogP contribution in [0.25, 0.3) is 5.69 Å². The number of aromatic amines is 1. The SMILES string of the molecule is Cc1ccc(-n2c(N)c(N=O)c(=O)[nH]c2=S)cc1. The van der Waals surface area contributed by atoms with Gasteiger partial charge >= 0.3 is 0 Å². The Labute approximate surface area is 107 Å². The smallest absolute Gasteiger partial charge is 0.283 e. The topological polar surface area (TPSA) is 93.2 Å². The molecule has 7 heteroatoms. The van der Waals surface area contributed by atoms with Gasteiger partial charge in [-0.3, -0.25) is 14.3 Å². The van der Waals surface area contributed by atoms with E-state index in [-0.39, 0.29) is 16.3 Å². The summed E-state index contributed by atoms with van der Waals surface area (Å²) in [4.78, 5) is 24.4. The Hall–Kier alpha value is -2.28. The molecule has 2 aromatic rings. The summed E-state index contributed by atoms with van der Waals surface area (Å²) in [5.74, 6) is -0.0670. The van der Waals surface area contributed by atoms with Crippen molar-refractivity contribution in [3.05, 3.63) is 49.9 Å². The monoisotopic (exact) mass is 262 g/mol. The highest BCUT2D eigenvalue weighted by atomic mass is 32.1. The van der Waals surface area contributed by atoms with Gasteiger partial charge in [-0.1, -0.05) is 17.7 Å². The first-order chi connectivity index (χ1) is 8.54. The van der Waals surface area contributed by atoms with E-state index in [0.717, 1.165) is 5.56 Å². The highest BCUT2D eigenvalue weighted by molar-refractivity contribution is 7.71. The molecule has 0 unspecified atom stereocenters. The molecule has 0 atom stereocenters. The zero-order chi connectivity index (χ0) is 13.3. The van der Waals surface area contributed by atoms with Gasteiger partial charge in [0.05, 0.1) is 0 Å². The fraction of sp³-hybridized carbons (Fsp3) is 0.0909. The molecule has 0 aliphatic heterocycles. The Morgan fingerprint density at radius 3 is 2.50 bits per heavy atom. The molecule has 6 nitrogen and oxygen atoms in total. The Kier molecular flexibility index (Phi) is 3.07. The van der Waals surface area contributed by atoms with E-state index in [9.17, 15) is 9.70 Å². The van der Waals surface area contributed by atoms with Crippen LogP contribution >= 0.6 is 12.2 Å². The zero-order valence-corrected chi connectivity index (χ0v) is 10.3. The van der Waals surface area contributed by atoms with Crippen LogP contribution in [-0.4, -0.2) is 9.55 Å². The van der Waals surface area contributed by atoms with Crippen LogP contribution in [0.2, 0.25) is 0 Å². The second kappa shape index (κ2) is 4.53. The maximum atomic E-state index is 11.4. The van der Waals surface area contributed by atoms with Crippen LogP contribution < -0.4 is 11.3 Å². The van der Waals surface area contributed by atoms with E-state index >= 15 is 0 Å². The fourth-order valence-corrected chi connectivity index (χ4v) is 1.88. The molecule has 0 aliphatic carbocycles. The van der Waals surface area contributed by atoms with E-state index in [4.69, 9.17) is 18.0 Å². The molecule has 2 rings (SSSR count). The van der Waals surface area contributed by atoms with E-state index in [1.807, 2.05) is 19.1 Å². The van der Waals surface area contributed by atoms with Crippen molar-refractivity contribution in [2.75, 3.05) is 5.73 Å². The number of nitrogens with one attached hydrogen (secondary N) is 1. The van der Waals surface area contributed by atoms with Crippen molar-refractivity contribution in [3.63, 3.8) is 0 Å². The van der Waals surface area contributed by atoms with Gasteiger partial charge in [-0.25, -0.2) is 0 Å². The standard InChI is InChI=1S/C11H10N4O2S/c1-6-2-4-7(5-3-6)15-9(12)8(14-17)10(16)13-11(15)18/h2-5H,12H2,1H3,(H,13,16,18). The number of rotatable bonds is 2. The quantitative estimate of drug-likeness (QED) is 0.640. The molecular formula is C11H10N4O2S. The van der Waals surface area contributed by atoms with Crippen molar-refractivity contribution < 1.29 is 0 Å². The first-order valence-electron chi connectivity index (χ1n) is 5.10. The maximum Gasteiger partial charge on any atom is 0.283 e. The predicted octanol–water partition coefficient (Wildman–Crippen LogP) is 2.18. The van der Waals surface area contributed by atoms with Crippen LogP contribution in [0.5, 0.6) is 0 Å². The van der Waals surface area contributed by atoms with Crippen LogP contribution in [0.4, 0.5) is 11.5 Å². The molecule has 0 aliphatic rings. The summed E-state index contributed by atoms with van der Waals surface area (Å²) < 4.78 is 1.51. The van der Waals surface area contributed by atoms with Crippen LogP contribution in [-0.2, 0) is 0 Å². The summed E-state index contributed by atoms with van der Waals surface area (Å²) in [6.45, 7) is 1.94. The first-order valence-corrected chi connectivity index (χ1v) is 5.50. The Morgan fingerprint density at radius 2 is 1.94 bits per heavy atom. The van der Waals surface area contributed by atoms with Gasteiger partial charge in [0.15, 0.2) is 4.77 Å². The van der Waals surface area contributed by atoms with Crippen LogP contribution in [0.15, 0.2) is 34.2 Å². The van der Waals surface area contributed by atoms with Crippen molar-refractivity contribution in [2.24, 2.45) is 5.18 Å². The van der Waals surface area contributed by atoms with Gasteiger partial charge < -0.3 is 5.73 Å². The molecule has 1 aromatic heterocycles. The van der Waals surface area contributed by atoms with Crippen molar-refractivity contribution in [1.82, 2.24) is 9.55 Å². The molecule has 1 aromatic carbocycles. The molecule has 0 spiro atoms. The molecule has 0 saturated heterocycles. The third-order valence-electron chi connectivity index (χ3n) is 2.51. The zero-order valence-electron chi connectivity index (χ0n) is 9.51. The lowest BCUT2D eigenvalue weighted by atomic mass is 10.2. The number of aromatic nitrogens is 2. The van der Waals surface area contributed by atoms with E-state index < -0.39 is 5.56 Å². The number of nitrogens with zero attached hydrogens (tertiary/aromatic N) is 2. The number of hydrogen-bond donors (Lipinski definition) is 2. The first kappa shape index (κ1) is 12.2. The van der Waals surface area contributed by atoms with Crippen LogP contribution in [0, 0.1) is 16.6 Å². The van der Waals surface area contributed by atoms with E-state index in [1.165, 1.54) is 4.57 Å². The minimum absolute atomic E-state index is 0.0670. The lowest BCUT2D eigenvalue weighted by Crippen LogP contribution is -2.16. The number of hydrogen-bond acceptors (Lipinski definition) is 5. The van der Waals surface area contributed by atoms with Gasteiger partial charge in [-0.2, -0.15) is 0 Å². The van der Waals surface area contributed by atoms with Crippen LogP contribution in [0.1, 0.15) is 5.56 Å². The van der Waals surface area contributed by atoms with Crippen LogP contribution in [0.3, 0.4) is 0 Å². The summed E-state index contributed by atoms with van der Waals surface area (Å²) in [6, 6.07) is 7.31. The van der Waals surface area contributed by atoms with E-state index in [2.05, 4.69) is 10.2 Å². The van der Waals surface area contributed by atoms with E-state index in [0.29, 0.717) is 5.69 Å². The van der Waals surface area contributed by atoms with Gasteiger partial charge in [-0.15, -0.1) is 4.91 Å². The lowest BCUT2D eigenvalue weighted by Gasteiger charge is -2.11. The Bertz CT molecular complexity index is 715. The average Bonchev–Trinajstić information content (AvgIpc) is 2.31. The highest BCUT2D eigenvalue weighted by Crippen LogP contribution is 2.20. The third kappa shape index (κ3) is 1.95. The number of nitrogen functional groups attached to an aromatic ring is 1. The second-order valence-corrected chi connectivity index (χ2v) is 4.14. The summed E-state index contributed by atoms with van der Waals surface area (Å²) in [6.07, 6.45) is 0. The van der Waals surface area contributed by atoms with Gasteiger partial charge in [0.2, 0.25) is 5.69 Å². The Morgan fingerprint density at radius 1 is 1.33 bits per heavy atom. The number of aryl methyl sites for hydroxylation is 1. The summed E-state index contributed by atoms with van der Waals surface area (Å²) in [7, 11) is 0. The summed E-state index contributed by atoms with van der Waals surface area (Å²) in [5.41, 5.74) is 6.42. The summed E-state index contributed by atoms with van der Waals surface area (Å²) in [5, 5.41) is 2.63. The maximum absolute atomic E-state index is 11.4. The predicted molar refractivity (Wildman–Crippen MR) is 71.8 cm³/mol. The van der Waals surface area contributed by atoms with E-state index in [1.54, 1.807) is 12.1 Å². The highest BCUT2D eigenvalue weighted by Gasteiger charge is 2.12. The average molecular weight is 262 g/mol. The van der Waals surface area contributed by atoms with Gasteiger partial charge in [0.25, 0.3) is 5.56 Å². The molecule has 0 amide bonds. The number of nitrogens with two attached hydrogens (primary N) is 1. The molecular weight excluding hydrogens is 252 g/mol. The molecule has 0 saturated carbocycles. The largest absolute Gasteiger partial charge is 0.383 e. The number of nitroso groups, excluding NO2 is 1. The molecule has 0 radical (unpaired) electrons. The second-order valence-electron chi connectivity index (χ2n) is 3.76. The molecule has 0 fully saturated rings. The van der Waals surface area contributed by atoms with Gasteiger partial charge in [0, 0.05) is 5.69 Å². The minimum atomic E-state index is -0.684. The normalized spacial score (nSPS) is 10.3. The van der Waals surface area contributed by atoms with Crippen molar-refractivity contribution in [1.29, 1.82) is 0 Å². The molecule has 1 heterocycles. The molecule has 92 valence electrons. The fourth-order valence-electron chi connectivity index (χ4n) is 1.58. The van der Waals surface area contributed by atoms with Crippen molar-refractivity contribution in [3.8, 4) is 5.69 Å². The van der Waals surface area contributed by atoms with Crippen molar-refractivity contribution in [2.45, 2.75) is 6.92 Å². The number of benzene rings is 1. The Balaban J connectivity index is 2.79.